The Labute approximate surface area is 400 Å². The molecule has 2 heteroatoms. The fourth-order valence-corrected chi connectivity index (χ4v) is 12.6. The van der Waals surface area contributed by atoms with Crippen molar-refractivity contribution in [3.8, 4) is 39.1 Å². The van der Waals surface area contributed by atoms with E-state index in [4.69, 9.17) is 0 Å². The lowest BCUT2D eigenvalue weighted by atomic mass is 9.65. The summed E-state index contributed by atoms with van der Waals surface area (Å²) in [5.41, 5.74) is 19.0. The third-order valence-corrected chi connectivity index (χ3v) is 15.3. The molecule has 0 N–H and O–H groups in total. The highest BCUT2D eigenvalue weighted by molar-refractivity contribution is 6.26. The highest BCUT2D eigenvalue weighted by Crippen LogP contribution is 2.63. The number of nitrogens with zero attached hydrogens (tertiary/aromatic N) is 2. The van der Waals surface area contributed by atoms with E-state index in [1.54, 1.807) is 0 Å². The van der Waals surface area contributed by atoms with Crippen LogP contribution in [0.1, 0.15) is 22.3 Å². The molecule has 2 aliphatic rings. The molecule has 69 heavy (non-hydrogen) atoms. The summed E-state index contributed by atoms with van der Waals surface area (Å²) < 4.78 is 2.53. The number of rotatable bonds is 5. The van der Waals surface area contributed by atoms with Crippen LogP contribution in [-0.2, 0) is 5.41 Å². The first-order valence-corrected chi connectivity index (χ1v) is 24.0. The van der Waals surface area contributed by atoms with E-state index in [0.717, 1.165) is 22.6 Å². The zero-order valence-electron chi connectivity index (χ0n) is 37.6. The second-order valence-electron chi connectivity index (χ2n) is 18.7. The van der Waals surface area contributed by atoms with Gasteiger partial charge in [0.2, 0.25) is 0 Å². The topological polar surface area (TPSA) is 8.17 Å². The van der Waals surface area contributed by atoms with Crippen molar-refractivity contribution in [1.82, 2.24) is 4.57 Å². The van der Waals surface area contributed by atoms with Gasteiger partial charge in [-0.1, -0.05) is 212 Å². The van der Waals surface area contributed by atoms with Gasteiger partial charge in [-0.2, -0.15) is 0 Å². The largest absolute Gasteiger partial charge is 0.309 e. The van der Waals surface area contributed by atoms with Crippen LogP contribution in [-0.4, -0.2) is 4.57 Å². The second kappa shape index (κ2) is 14.5. The predicted octanol–water partition coefficient (Wildman–Crippen LogP) is 17.7. The third-order valence-electron chi connectivity index (χ3n) is 15.3. The Balaban J connectivity index is 1.06. The summed E-state index contributed by atoms with van der Waals surface area (Å²) in [6.45, 7) is 0. The van der Waals surface area contributed by atoms with Gasteiger partial charge in [-0.15, -0.1) is 0 Å². The van der Waals surface area contributed by atoms with Gasteiger partial charge in [-0.25, -0.2) is 0 Å². The first kappa shape index (κ1) is 38.2. The lowest BCUT2D eigenvalue weighted by molar-refractivity contribution is 0.748. The summed E-state index contributed by atoms with van der Waals surface area (Å²) >= 11 is 0. The van der Waals surface area contributed by atoms with E-state index in [9.17, 15) is 0 Å². The average molecular weight is 875 g/mol. The van der Waals surface area contributed by atoms with Gasteiger partial charge in [0.05, 0.1) is 33.5 Å². The molecule has 2 nitrogen and oxygen atoms in total. The SMILES string of the molecule is c1ccc(-c2cccc(-c3ccccc3N(c3ccc4c5ccccc5c5ccccc5c4c3)c3cccc4c3-c3ccccc3C43c4ccccc4-n4c5ccccc5c5cccc3c54)c2)cc1. The number of fused-ring (bicyclic) bond motifs is 18. The van der Waals surface area contributed by atoms with E-state index in [2.05, 4.69) is 264 Å². The van der Waals surface area contributed by atoms with Gasteiger partial charge in [0.1, 0.15) is 0 Å². The Hall–Kier alpha value is -8.98. The third kappa shape index (κ3) is 5.20. The fraction of sp³-hybridized carbons (Fsp3) is 0.0149. The van der Waals surface area contributed by atoms with E-state index in [-0.39, 0.29) is 0 Å². The van der Waals surface area contributed by atoms with Gasteiger partial charge >= 0.3 is 0 Å². The predicted molar refractivity (Wildman–Crippen MR) is 290 cm³/mol. The van der Waals surface area contributed by atoms with Crippen LogP contribution in [0.3, 0.4) is 0 Å². The fourth-order valence-electron chi connectivity index (χ4n) is 12.6. The Kier molecular flexibility index (Phi) is 8.02. The number of hydrogen-bond acceptors (Lipinski definition) is 1. The lowest BCUT2D eigenvalue weighted by Crippen LogP contribution is -2.33. The highest BCUT2D eigenvalue weighted by Gasteiger charge is 2.51. The summed E-state index contributed by atoms with van der Waals surface area (Å²) in [4.78, 5) is 2.56. The molecular weight excluding hydrogens is 833 g/mol. The number of para-hydroxylation sites is 4. The molecule has 1 aliphatic heterocycles. The minimum absolute atomic E-state index is 0.587. The molecule has 0 radical (unpaired) electrons. The van der Waals surface area contributed by atoms with Gasteiger partial charge in [0.15, 0.2) is 0 Å². The van der Waals surface area contributed by atoms with Crippen LogP contribution in [0.15, 0.2) is 255 Å². The van der Waals surface area contributed by atoms with Crippen molar-refractivity contribution in [2.24, 2.45) is 0 Å². The second-order valence-corrected chi connectivity index (χ2v) is 18.7. The van der Waals surface area contributed by atoms with Gasteiger partial charge in [0, 0.05) is 27.6 Å². The maximum absolute atomic E-state index is 2.56. The molecule has 1 atom stereocenters. The van der Waals surface area contributed by atoms with Crippen molar-refractivity contribution in [3.05, 3.63) is 277 Å². The lowest BCUT2D eigenvalue weighted by Gasteiger charge is -2.39. The molecule has 320 valence electrons. The highest BCUT2D eigenvalue weighted by atomic mass is 15.1. The molecule has 1 aliphatic carbocycles. The monoisotopic (exact) mass is 874 g/mol. The zero-order chi connectivity index (χ0) is 45.2. The van der Waals surface area contributed by atoms with Crippen molar-refractivity contribution < 1.29 is 0 Å². The summed E-state index contributed by atoms with van der Waals surface area (Å²) in [5.74, 6) is 0. The van der Waals surface area contributed by atoms with Crippen molar-refractivity contribution in [1.29, 1.82) is 0 Å². The molecule has 1 spiro atoms. The summed E-state index contributed by atoms with van der Waals surface area (Å²) in [6, 6.07) is 95.1. The van der Waals surface area contributed by atoms with E-state index in [1.807, 2.05) is 0 Å². The van der Waals surface area contributed by atoms with Crippen LogP contribution in [0.2, 0.25) is 0 Å². The molecule has 0 bridgehead atoms. The minimum atomic E-state index is -0.587. The number of hydrogen-bond donors (Lipinski definition) is 0. The van der Waals surface area contributed by atoms with Crippen molar-refractivity contribution in [3.63, 3.8) is 0 Å². The van der Waals surface area contributed by atoms with Crippen LogP contribution in [0.4, 0.5) is 17.1 Å². The Bertz CT molecular complexity index is 4240. The molecule has 0 amide bonds. The molecule has 12 aromatic carbocycles. The molecular formula is C67H42N2. The molecule has 1 aromatic heterocycles. The maximum atomic E-state index is 2.56. The van der Waals surface area contributed by atoms with Crippen molar-refractivity contribution in [2.75, 3.05) is 4.90 Å². The zero-order valence-corrected chi connectivity index (χ0v) is 37.6. The Morgan fingerprint density at radius 2 is 0.841 bits per heavy atom. The van der Waals surface area contributed by atoms with E-state index < -0.39 is 5.41 Å². The molecule has 13 aromatic rings. The molecule has 2 heterocycles. The quantitative estimate of drug-likeness (QED) is 0.156. The normalized spacial score (nSPS) is 14.4. The number of benzene rings is 12. The molecule has 0 fully saturated rings. The minimum Gasteiger partial charge on any atom is -0.309 e. The van der Waals surface area contributed by atoms with Crippen LogP contribution in [0.25, 0.3) is 93.2 Å². The Morgan fingerprint density at radius 1 is 0.304 bits per heavy atom. The van der Waals surface area contributed by atoms with Crippen LogP contribution in [0.5, 0.6) is 0 Å². The van der Waals surface area contributed by atoms with E-state index in [1.165, 1.54) is 110 Å². The van der Waals surface area contributed by atoms with Gasteiger partial charge in [-0.05, 0) is 119 Å². The van der Waals surface area contributed by atoms with Gasteiger partial charge < -0.3 is 9.47 Å². The van der Waals surface area contributed by atoms with Crippen molar-refractivity contribution >= 4 is 71.2 Å². The van der Waals surface area contributed by atoms with Gasteiger partial charge in [-0.3, -0.25) is 0 Å². The maximum Gasteiger partial charge on any atom is 0.0755 e. The van der Waals surface area contributed by atoms with E-state index >= 15 is 0 Å². The van der Waals surface area contributed by atoms with Crippen molar-refractivity contribution in [2.45, 2.75) is 5.41 Å². The first-order chi connectivity index (χ1) is 34.3. The average Bonchev–Trinajstić information content (AvgIpc) is 3.92. The standard InChI is InChI=1S/C67H42N2/c1-2-19-43(20-3-1)44-21-16-22-45(41-44)47-23-9-13-35-61(47)68(46-39-40-52-50-26-5-4-24-48(50)49-25-6-7-27-51(49)56(52)42-46)64-38-18-33-59-65(64)55-29-8-11-31-57(55)67(59)58-32-12-15-37-63(58)69-62-36-14-10-28-53(62)54-30-17-34-60(67)66(54)69/h1-42H. The summed E-state index contributed by atoms with van der Waals surface area (Å²) in [7, 11) is 0. The van der Waals surface area contributed by atoms with Crippen LogP contribution in [0, 0.1) is 0 Å². The van der Waals surface area contributed by atoms with Crippen LogP contribution >= 0.6 is 0 Å². The summed E-state index contributed by atoms with van der Waals surface area (Å²) in [6.07, 6.45) is 0. The van der Waals surface area contributed by atoms with Crippen LogP contribution < -0.4 is 4.90 Å². The number of anilines is 3. The Morgan fingerprint density at radius 3 is 1.65 bits per heavy atom. The molecule has 0 saturated heterocycles. The molecule has 0 saturated carbocycles. The van der Waals surface area contributed by atoms with Gasteiger partial charge in [0.25, 0.3) is 0 Å². The van der Waals surface area contributed by atoms with E-state index in [0.29, 0.717) is 0 Å². The molecule has 1 unspecified atom stereocenters. The first-order valence-electron chi connectivity index (χ1n) is 24.0. The smallest absolute Gasteiger partial charge is 0.0755 e. The summed E-state index contributed by atoms with van der Waals surface area (Å²) in [5, 5.41) is 10.1. The number of aromatic nitrogens is 1. The molecule has 15 rings (SSSR count).